The van der Waals surface area contributed by atoms with Crippen molar-refractivity contribution in [2.24, 2.45) is 51.2 Å². The van der Waals surface area contributed by atoms with Gasteiger partial charge in [-0.3, -0.25) is 4.79 Å². The molecule has 5 aliphatic carbocycles. The van der Waals surface area contributed by atoms with Crippen molar-refractivity contribution in [2.75, 3.05) is 13.2 Å². The van der Waals surface area contributed by atoms with Crippen LogP contribution in [0.3, 0.4) is 0 Å². The van der Waals surface area contributed by atoms with Crippen LogP contribution >= 0.6 is 0 Å². The largest absolute Gasteiger partial charge is 0.432 e. The van der Waals surface area contributed by atoms with E-state index in [1.165, 1.54) is 18.1 Å². The quantitative estimate of drug-likeness (QED) is 0.0916. The van der Waals surface area contributed by atoms with E-state index < -0.39 is 122 Å². The Morgan fingerprint density at radius 3 is 1.94 bits per heavy atom. The minimum Gasteiger partial charge on any atom is -0.432 e. The summed E-state index contributed by atoms with van der Waals surface area (Å²) in [5.74, 6) is 0.585. The molecule has 3 saturated heterocycles. The number of hydrogen-bond acceptors (Lipinski definition) is 17. The number of fused-ring (bicyclic) bond motifs is 6. The summed E-state index contributed by atoms with van der Waals surface area (Å²) in [7, 11) is 0. The predicted molar refractivity (Wildman–Crippen MR) is 224 cm³/mol. The SMILES string of the molecule is C[C@H]1[C@H](C)CC[C@]2(C(=O)O[C@@H]3O[C@H](CO)[C@@H](O)[C@H](O)[C@H]3O)CCC3=C(CC[C@@H]4[C@@]5(C)CC[C@H](O[C@@H]6O[C@H](CO)[C@@H](O[C@@H]7O[C@H](C)[C@H](O)[C@H](O)[C@H]7O)[C@H](O)[C@H]6O)C(C)(C)[C@@H]5CC[C@@]34C)[C@H]12. The van der Waals surface area contributed by atoms with Crippen molar-refractivity contribution in [2.45, 2.75) is 211 Å². The van der Waals surface area contributed by atoms with E-state index >= 15 is 0 Å². The molecule has 3 aliphatic heterocycles. The fourth-order valence-electron chi connectivity index (χ4n) is 14.9. The molecule has 0 aromatic heterocycles. The maximum absolute atomic E-state index is 14.6. The maximum Gasteiger partial charge on any atom is 0.315 e. The van der Waals surface area contributed by atoms with Gasteiger partial charge < -0.3 is 79.5 Å². The van der Waals surface area contributed by atoms with Crippen LogP contribution in [0.15, 0.2) is 11.1 Å². The fraction of sp³-hybridized carbons (Fsp3) is 0.936. The summed E-state index contributed by atoms with van der Waals surface area (Å²) < 4.78 is 35.8. The van der Waals surface area contributed by atoms with Crippen molar-refractivity contribution < 1.29 is 84.3 Å². The van der Waals surface area contributed by atoms with E-state index in [4.69, 9.17) is 28.4 Å². The van der Waals surface area contributed by atoms with Crippen molar-refractivity contribution in [3.8, 4) is 0 Å². The molecule has 17 nitrogen and oxygen atoms in total. The van der Waals surface area contributed by atoms with Gasteiger partial charge in [0.1, 0.15) is 67.1 Å². The van der Waals surface area contributed by atoms with Crippen LogP contribution in [0.2, 0.25) is 0 Å². The van der Waals surface area contributed by atoms with Gasteiger partial charge >= 0.3 is 5.97 Å². The minimum absolute atomic E-state index is 0.0744. The van der Waals surface area contributed by atoms with E-state index in [0.29, 0.717) is 31.1 Å². The van der Waals surface area contributed by atoms with Crippen LogP contribution in [0.25, 0.3) is 0 Å². The van der Waals surface area contributed by atoms with Crippen LogP contribution in [-0.4, -0.2) is 168 Å². The van der Waals surface area contributed by atoms with Crippen molar-refractivity contribution >= 4 is 5.97 Å². The average Bonchev–Trinajstić information content (AvgIpc) is 3.26. The van der Waals surface area contributed by atoms with Crippen LogP contribution in [0, 0.1) is 51.2 Å². The highest BCUT2D eigenvalue weighted by Gasteiger charge is 2.66. The van der Waals surface area contributed by atoms with Crippen LogP contribution < -0.4 is 0 Å². The number of hydrogen-bond donors (Lipinski definition) is 10. The van der Waals surface area contributed by atoms with Crippen LogP contribution in [-0.2, 0) is 33.2 Å². The van der Waals surface area contributed by atoms with Gasteiger partial charge in [0, 0.05) is 0 Å². The second-order valence-corrected chi connectivity index (χ2v) is 22.2. The summed E-state index contributed by atoms with van der Waals surface area (Å²) in [5, 5.41) is 106. The lowest BCUT2D eigenvalue weighted by atomic mass is 9.38. The molecule has 366 valence electrons. The molecule has 8 rings (SSSR count). The molecule has 8 aliphatic rings. The van der Waals surface area contributed by atoms with Gasteiger partial charge in [0.05, 0.1) is 30.8 Å². The maximum atomic E-state index is 14.6. The molecule has 0 spiro atoms. The third-order valence-electron chi connectivity index (χ3n) is 18.7. The Kier molecular flexibility index (Phi) is 13.7. The van der Waals surface area contributed by atoms with Gasteiger partial charge in [0.2, 0.25) is 6.29 Å². The number of esters is 1. The van der Waals surface area contributed by atoms with E-state index in [2.05, 4.69) is 41.5 Å². The van der Waals surface area contributed by atoms with E-state index in [1.54, 1.807) is 0 Å². The Bertz CT molecular complexity index is 1720. The molecule has 3 saturated carbocycles. The third kappa shape index (κ3) is 7.67. The molecule has 0 aromatic carbocycles. The average molecular weight is 913 g/mol. The van der Waals surface area contributed by atoms with Crippen LogP contribution in [0.1, 0.15) is 113 Å². The second-order valence-electron chi connectivity index (χ2n) is 22.2. The number of aliphatic hydroxyl groups excluding tert-OH is 10. The highest BCUT2D eigenvalue weighted by Crippen LogP contribution is 2.72. The normalized spacial score (nSPS) is 53.9. The van der Waals surface area contributed by atoms with Crippen molar-refractivity contribution in [1.82, 2.24) is 0 Å². The van der Waals surface area contributed by atoms with E-state index in [9.17, 15) is 55.9 Å². The van der Waals surface area contributed by atoms with Gasteiger partial charge in [-0.2, -0.15) is 0 Å². The first-order chi connectivity index (χ1) is 30.1. The molecule has 0 amide bonds. The Morgan fingerprint density at radius 2 is 1.25 bits per heavy atom. The molecule has 17 heteroatoms. The lowest BCUT2D eigenvalue weighted by Crippen LogP contribution is -2.65. The molecular weight excluding hydrogens is 836 g/mol. The fourth-order valence-corrected chi connectivity index (χ4v) is 14.9. The van der Waals surface area contributed by atoms with Gasteiger partial charge in [0.25, 0.3) is 0 Å². The second kappa shape index (κ2) is 17.8. The lowest BCUT2D eigenvalue weighted by Gasteiger charge is -2.67. The van der Waals surface area contributed by atoms with Gasteiger partial charge in [-0.15, -0.1) is 0 Å². The molecule has 0 radical (unpaired) electrons. The summed E-state index contributed by atoms with van der Waals surface area (Å²) in [6, 6.07) is 0. The highest BCUT2D eigenvalue weighted by atomic mass is 16.7. The Morgan fingerprint density at radius 1 is 0.625 bits per heavy atom. The Hall–Kier alpha value is -1.39. The summed E-state index contributed by atoms with van der Waals surface area (Å²) in [6.07, 6.45) is -14.0. The molecule has 0 bridgehead atoms. The number of aliphatic hydroxyl groups is 10. The van der Waals surface area contributed by atoms with Gasteiger partial charge in [-0.05, 0) is 117 Å². The standard InChI is InChI=1S/C47H76O17/c1-20-10-16-47(43(58)64-42-37(56)34(53)32(51)25(18-48)60-42)17-11-24-23(30(47)21(20)2)8-9-28-45(24,6)14-12-27-44(4,5)29(13-15-46(27,28)7)62-41-38(57)35(54)39(26(19-49)61-41)63-40-36(55)33(52)31(50)22(3)59-40/h20-22,25-42,48-57H,8-19H2,1-7H3/t20-,21+,22-,25-,26-,27+,28+,29+,30+,31+,32-,33+,34+,35-,36-,37-,38-,39-,40+,41+,42+,45+,46+,47+/m1/s1. The summed E-state index contributed by atoms with van der Waals surface area (Å²) in [5.41, 5.74) is 1.40. The molecule has 3 heterocycles. The first-order valence-electron chi connectivity index (χ1n) is 23.9. The molecule has 64 heavy (non-hydrogen) atoms. The van der Waals surface area contributed by atoms with Crippen molar-refractivity contribution in [3.63, 3.8) is 0 Å². The third-order valence-corrected chi connectivity index (χ3v) is 18.7. The van der Waals surface area contributed by atoms with Gasteiger partial charge in [-0.25, -0.2) is 0 Å². The molecule has 0 unspecified atom stereocenters. The number of rotatable bonds is 8. The zero-order valence-corrected chi connectivity index (χ0v) is 38.4. The van der Waals surface area contributed by atoms with Gasteiger partial charge in [-0.1, -0.05) is 52.7 Å². The first kappa shape index (κ1) is 49.0. The van der Waals surface area contributed by atoms with Crippen LogP contribution in [0.4, 0.5) is 0 Å². The van der Waals surface area contributed by atoms with E-state index in [1.807, 2.05) is 0 Å². The zero-order chi connectivity index (χ0) is 46.6. The number of allylic oxidation sites excluding steroid dienone is 2. The molecule has 0 aromatic rings. The van der Waals surface area contributed by atoms with Crippen LogP contribution in [0.5, 0.6) is 0 Å². The molecule has 6 fully saturated rings. The smallest absolute Gasteiger partial charge is 0.315 e. The number of carbonyl (C=O) groups is 1. The topological polar surface area (TPSA) is 275 Å². The highest BCUT2D eigenvalue weighted by molar-refractivity contribution is 5.79. The number of carbonyl (C=O) groups excluding carboxylic acids is 1. The summed E-state index contributed by atoms with van der Waals surface area (Å²) in [6.45, 7) is 14.0. The zero-order valence-electron chi connectivity index (χ0n) is 38.4. The van der Waals surface area contributed by atoms with E-state index in [0.717, 1.165) is 44.9 Å². The lowest BCUT2D eigenvalue weighted by molar-refractivity contribution is -0.366. The summed E-state index contributed by atoms with van der Waals surface area (Å²) >= 11 is 0. The Labute approximate surface area is 376 Å². The summed E-state index contributed by atoms with van der Waals surface area (Å²) in [4.78, 5) is 14.6. The predicted octanol–water partition coefficient (Wildman–Crippen LogP) is 0.778. The first-order valence-corrected chi connectivity index (χ1v) is 23.9. The van der Waals surface area contributed by atoms with Crippen molar-refractivity contribution in [1.29, 1.82) is 0 Å². The monoisotopic (exact) mass is 913 g/mol. The Balaban J connectivity index is 0.989. The van der Waals surface area contributed by atoms with Gasteiger partial charge in [0.15, 0.2) is 12.6 Å². The molecule has 24 atom stereocenters. The van der Waals surface area contributed by atoms with E-state index in [-0.39, 0.29) is 34.7 Å². The molecule has 10 N–H and O–H groups in total. The minimum atomic E-state index is -1.67. The molecular formula is C47H76O17. The van der Waals surface area contributed by atoms with Crippen molar-refractivity contribution in [3.05, 3.63) is 11.1 Å². The number of ether oxygens (including phenoxy) is 6.